The Hall–Kier alpha value is -2.26. The predicted molar refractivity (Wildman–Crippen MR) is 103 cm³/mol. The summed E-state index contributed by atoms with van der Waals surface area (Å²) in [5.74, 6) is 1.92. The molecule has 4 heterocycles. The number of rotatable bonds is 6. The summed E-state index contributed by atoms with van der Waals surface area (Å²) in [5.41, 5.74) is 0. The second-order valence-corrected chi connectivity index (χ2v) is 7.03. The van der Waals surface area contributed by atoms with Gasteiger partial charge in [-0.05, 0) is 54.0 Å². The molecule has 0 radical (unpaired) electrons. The van der Waals surface area contributed by atoms with Crippen LogP contribution >= 0.6 is 15.9 Å². The Bertz CT molecular complexity index is 825. The van der Waals surface area contributed by atoms with Gasteiger partial charge in [0.25, 0.3) is 5.95 Å². The first kappa shape index (κ1) is 17.2. The highest BCUT2D eigenvalue weighted by atomic mass is 79.9. The number of halogens is 1. The number of anilines is 1. The van der Waals surface area contributed by atoms with Crippen LogP contribution in [0.1, 0.15) is 19.3 Å². The van der Waals surface area contributed by atoms with Gasteiger partial charge in [-0.2, -0.15) is 20.2 Å². The van der Waals surface area contributed by atoms with Gasteiger partial charge in [0.2, 0.25) is 0 Å². The van der Waals surface area contributed by atoms with E-state index in [1.165, 1.54) is 32.4 Å². The molecular formula is C17H21BrN8. The molecule has 0 atom stereocenters. The first-order chi connectivity index (χ1) is 12.8. The van der Waals surface area contributed by atoms with Gasteiger partial charge < -0.3 is 10.2 Å². The van der Waals surface area contributed by atoms with Gasteiger partial charge in [-0.25, -0.2) is 9.36 Å². The number of nitrogens with one attached hydrogen (secondary N) is 1. The number of nitrogens with zero attached hydrogens (tertiary/aromatic N) is 7. The fourth-order valence-corrected chi connectivity index (χ4v) is 3.59. The van der Waals surface area contributed by atoms with Crippen molar-refractivity contribution >= 4 is 21.7 Å². The van der Waals surface area contributed by atoms with E-state index >= 15 is 0 Å². The summed E-state index contributed by atoms with van der Waals surface area (Å²) in [6, 6.07) is 3.72. The molecule has 8 nitrogen and oxygen atoms in total. The summed E-state index contributed by atoms with van der Waals surface area (Å²) in [6.07, 6.45) is 11.1. The lowest BCUT2D eigenvalue weighted by Gasteiger charge is -2.26. The van der Waals surface area contributed by atoms with Gasteiger partial charge in [0.05, 0.1) is 0 Å². The monoisotopic (exact) mass is 416 g/mol. The van der Waals surface area contributed by atoms with E-state index in [0.717, 1.165) is 23.4 Å². The van der Waals surface area contributed by atoms with Crippen LogP contribution in [-0.2, 0) is 0 Å². The molecule has 1 aliphatic heterocycles. The molecule has 9 heteroatoms. The molecule has 0 saturated carbocycles. The maximum Gasteiger partial charge on any atom is 0.254 e. The second kappa shape index (κ2) is 7.96. The molecule has 26 heavy (non-hydrogen) atoms. The van der Waals surface area contributed by atoms with E-state index in [0.29, 0.717) is 11.8 Å². The first-order valence-corrected chi connectivity index (χ1v) is 9.64. The third kappa shape index (κ3) is 3.78. The van der Waals surface area contributed by atoms with Crippen molar-refractivity contribution in [3.8, 4) is 11.8 Å². The lowest BCUT2D eigenvalue weighted by Crippen LogP contribution is -2.33. The van der Waals surface area contributed by atoms with Crippen molar-refractivity contribution in [2.75, 3.05) is 31.5 Å². The minimum atomic E-state index is 0.504. The molecular weight excluding hydrogens is 396 g/mol. The van der Waals surface area contributed by atoms with Crippen LogP contribution in [0.5, 0.6) is 0 Å². The summed E-state index contributed by atoms with van der Waals surface area (Å²) < 4.78 is 4.15. The Labute approximate surface area is 160 Å². The molecule has 1 N–H and O–H groups in total. The lowest BCUT2D eigenvalue weighted by molar-refractivity contribution is 0.237. The fourth-order valence-electron chi connectivity index (χ4n) is 3.09. The molecule has 0 aliphatic carbocycles. The van der Waals surface area contributed by atoms with Crippen LogP contribution in [0.2, 0.25) is 0 Å². The van der Waals surface area contributed by atoms with Crippen LogP contribution in [0, 0.1) is 0 Å². The Balaban J connectivity index is 1.58. The smallest absolute Gasteiger partial charge is 0.254 e. The van der Waals surface area contributed by atoms with Crippen molar-refractivity contribution in [2.24, 2.45) is 0 Å². The zero-order chi connectivity index (χ0) is 17.8. The van der Waals surface area contributed by atoms with E-state index in [1.807, 2.05) is 24.5 Å². The third-order valence-electron chi connectivity index (χ3n) is 4.42. The molecule has 0 unspecified atom stereocenters. The highest BCUT2D eigenvalue weighted by molar-refractivity contribution is 9.10. The normalized spacial score (nSPS) is 15.3. The van der Waals surface area contributed by atoms with Crippen LogP contribution in [0.3, 0.4) is 0 Å². The van der Waals surface area contributed by atoms with E-state index < -0.39 is 0 Å². The Morgan fingerprint density at radius 1 is 0.962 bits per heavy atom. The van der Waals surface area contributed by atoms with E-state index in [9.17, 15) is 0 Å². The molecule has 1 saturated heterocycles. The van der Waals surface area contributed by atoms with Crippen molar-refractivity contribution in [2.45, 2.75) is 19.3 Å². The number of piperidine rings is 1. The van der Waals surface area contributed by atoms with E-state index in [2.05, 4.69) is 46.3 Å². The van der Waals surface area contributed by atoms with Crippen LogP contribution < -0.4 is 5.32 Å². The van der Waals surface area contributed by atoms with Gasteiger partial charge in [-0.3, -0.25) is 0 Å². The summed E-state index contributed by atoms with van der Waals surface area (Å²) in [7, 11) is 0. The van der Waals surface area contributed by atoms with Crippen LogP contribution in [0.15, 0.2) is 41.4 Å². The van der Waals surface area contributed by atoms with Crippen molar-refractivity contribution in [3.63, 3.8) is 0 Å². The van der Waals surface area contributed by atoms with Gasteiger partial charge in [0.15, 0.2) is 5.82 Å². The lowest BCUT2D eigenvalue weighted by atomic mass is 10.1. The van der Waals surface area contributed by atoms with Gasteiger partial charge in [0.1, 0.15) is 10.3 Å². The number of likely N-dealkylation sites (tertiary alicyclic amines) is 1. The Morgan fingerprint density at radius 2 is 1.69 bits per heavy atom. The van der Waals surface area contributed by atoms with Crippen LogP contribution in [-0.4, -0.2) is 60.6 Å². The summed E-state index contributed by atoms with van der Waals surface area (Å²) in [4.78, 5) is 11.7. The topological polar surface area (TPSA) is 76.7 Å². The number of hydrogen-bond acceptors (Lipinski definition) is 6. The van der Waals surface area contributed by atoms with E-state index in [4.69, 9.17) is 0 Å². The van der Waals surface area contributed by atoms with Crippen molar-refractivity contribution in [1.29, 1.82) is 0 Å². The molecule has 1 fully saturated rings. The highest BCUT2D eigenvalue weighted by Crippen LogP contribution is 2.27. The molecule has 3 aromatic rings. The van der Waals surface area contributed by atoms with Crippen molar-refractivity contribution in [1.82, 2.24) is 34.4 Å². The first-order valence-electron chi connectivity index (χ1n) is 8.85. The Kier molecular flexibility index (Phi) is 5.26. The standard InChI is InChI=1S/C17H21BrN8/c18-14-15(19-8-13-24-9-2-1-3-10-24)22-17(26-12-5-7-21-26)23-16(14)25-11-4-6-20-25/h4-7,11-12H,1-3,8-10,13H2,(H,19,22,23). The largest absolute Gasteiger partial charge is 0.368 e. The van der Waals surface area contributed by atoms with E-state index in [1.54, 1.807) is 21.8 Å². The molecule has 1 aliphatic rings. The molecule has 4 rings (SSSR count). The molecule has 136 valence electrons. The fraction of sp³-hybridized carbons (Fsp3) is 0.412. The minimum Gasteiger partial charge on any atom is -0.368 e. The number of hydrogen-bond donors (Lipinski definition) is 1. The summed E-state index contributed by atoms with van der Waals surface area (Å²) in [6.45, 7) is 4.20. The molecule has 0 bridgehead atoms. The zero-order valence-electron chi connectivity index (χ0n) is 14.4. The SMILES string of the molecule is Brc1c(NCCN2CCCCC2)nc(-n2cccn2)nc1-n1cccn1. The van der Waals surface area contributed by atoms with Crippen LogP contribution in [0.25, 0.3) is 11.8 Å². The highest BCUT2D eigenvalue weighted by Gasteiger charge is 2.16. The summed E-state index contributed by atoms with van der Waals surface area (Å²) >= 11 is 3.63. The molecule has 0 aromatic carbocycles. The van der Waals surface area contributed by atoms with Crippen molar-refractivity contribution in [3.05, 3.63) is 41.4 Å². The average Bonchev–Trinajstić information content (AvgIpc) is 3.38. The number of aromatic nitrogens is 6. The molecule has 3 aromatic heterocycles. The van der Waals surface area contributed by atoms with Gasteiger partial charge in [0, 0.05) is 37.9 Å². The van der Waals surface area contributed by atoms with Gasteiger partial charge >= 0.3 is 0 Å². The van der Waals surface area contributed by atoms with Gasteiger partial charge in [-0.1, -0.05) is 6.42 Å². The third-order valence-corrected chi connectivity index (χ3v) is 5.15. The minimum absolute atomic E-state index is 0.504. The van der Waals surface area contributed by atoms with E-state index in [-0.39, 0.29) is 0 Å². The maximum absolute atomic E-state index is 4.64. The zero-order valence-corrected chi connectivity index (χ0v) is 16.0. The van der Waals surface area contributed by atoms with Gasteiger partial charge in [-0.15, -0.1) is 0 Å². The molecule has 0 amide bonds. The van der Waals surface area contributed by atoms with Crippen LogP contribution in [0.4, 0.5) is 5.82 Å². The second-order valence-electron chi connectivity index (χ2n) is 6.24. The molecule has 0 spiro atoms. The average molecular weight is 417 g/mol. The summed E-state index contributed by atoms with van der Waals surface area (Å²) in [5, 5.41) is 12.0. The Morgan fingerprint density at radius 3 is 2.38 bits per heavy atom. The predicted octanol–water partition coefficient (Wildman–Crippen LogP) is 2.51. The quantitative estimate of drug-likeness (QED) is 0.664. The maximum atomic E-state index is 4.64. The van der Waals surface area contributed by atoms with Crippen molar-refractivity contribution < 1.29 is 0 Å².